The van der Waals surface area contributed by atoms with Crippen LogP contribution in [0.1, 0.15) is 36.5 Å². The molecule has 0 aromatic heterocycles. The zero-order valence-corrected chi connectivity index (χ0v) is 13.0. The standard InChI is InChI=1S/C17H21NOS/c1-12(2)15-6-4-14(5-7-15)11-20(19)17-9-8-16(18)10-13(17)3/h4-10,12H,11,18H2,1-3H3. The van der Waals surface area contributed by atoms with Crippen molar-refractivity contribution in [3.63, 3.8) is 0 Å². The molecule has 1 atom stereocenters. The maximum Gasteiger partial charge on any atom is 0.0576 e. The van der Waals surface area contributed by atoms with Crippen molar-refractivity contribution in [3.8, 4) is 0 Å². The number of nitrogen functional groups attached to an aromatic ring is 1. The number of hydrogen-bond acceptors (Lipinski definition) is 2. The summed E-state index contributed by atoms with van der Waals surface area (Å²) in [4.78, 5) is 0.868. The Morgan fingerprint density at radius 1 is 1.10 bits per heavy atom. The summed E-state index contributed by atoms with van der Waals surface area (Å²) in [5.74, 6) is 1.07. The van der Waals surface area contributed by atoms with Gasteiger partial charge in [-0.2, -0.15) is 0 Å². The van der Waals surface area contributed by atoms with E-state index in [1.807, 2.05) is 25.1 Å². The third-order valence-electron chi connectivity index (χ3n) is 3.39. The Morgan fingerprint density at radius 2 is 1.75 bits per heavy atom. The van der Waals surface area contributed by atoms with Gasteiger partial charge in [-0.15, -0.1) is 0 Å². The van der Waals surface area contributed by atoms with Crippen molar-refractivity contribution in [1.82, 2.24) is 0 Å². The van der Waals surface area contributed by atoms with Gasteiger partial charge in [-0.05, 0) is 47.7 Å². The summed E-state index contributed by atoms with van der Waals surface area (Å²) >= 11 is 0. The molecule has 2 aromatic rings. The maximum absolute atomic E-state index is 12.4. The second kappa shape index (κ2) is 6.23. The average molecular weight is 287 g/mol. The molecule has 3 heteroatoms. The lowest BCUT2D eigenvalue weighted by Crippen LogP contribution is -2.00. The zero-order chi connectivity index (χ0) is 14.7. The van der Waals surface area contributed by atoms with Crippen LogP contribution in [0.5, 0.6) is 0 Å². The van der Waals surface area contributed by atoms with Crippen LogP contribution in [-0.2, 0) is 16.6 Å². The summed E-state index contributed by atoms with van der Waals surface area (Å²) in [6.45, 7) is 6.29. The van der Waals surface area contributed by atoms with Crippen LogP contribution in [0.3, 0.4) is 0 Å². The normalized spacial score (nSPS) is 12.6. The predicted octanol–water partition coefficient (Wildman–Crippen LogP) is 4.01. The van der Waals surface area contributed by atoms with Gasteiger partial charge in [-0.1, -0.05) is 38.1 Å². The molecule has 20 heavy (non-hydrogen) atoms. The molecule has 106 valence electrons. The summed E-state index contributed by atoms with van der Waals surface area (Å²) in [7, 11) is -1.03. The van der Waals surface area contributed by atoms with Crippen molar-refractivity contribution in [2.45, 2.75) is 37.3 Å². The van der Waals surface area contributed by atoms with E-state index in [0.717, 1.165) is 16.0 Å². The van der Waals surface area contributed by atoms with Gasteiger partial charge < -0.3 is 5.73 Å². The van der Waals surface area contributed by atoms with E-state index in [-0.39, 0.29) is 0 Å². The van der Waals surface area contributed by atoms with Crippen LogP contribution in [0.25, 0.3) is 0 Å². The first kappa shape index (κ1) is 14.8. The Hall–Kier alpha value is -1.61. The van der Waals surface area contributed by atoms with E-state index < -0.39 is 10.8 Å². The van der Waals surface area contributed by atoms with Crippen LogP contribution in [0.15, 0.2) is 47.4 Å². The third-order valence-corrected chi connectivity index (χ3v) is 4.93. The third kappa shape index (κ3) is 3.48. The molecule has 0 saturated carbocycles. The van der Waals surface area contributed by atoms with E-state index >= 15 is 0 Å². The first-order valence-corrected chi connectivity index (χ1v) is 8.12. The topological polar surface area (TPSA) is 43.1 Å². The van der Waals surface area contributed by atoms with Gasteiger partial charge in [0.1, 0.15) is 0 Å². The molecule has 0 heterocycles. The average Bonchev–Trinajstić information content (AvgIpc) is 2.39. The molecule has 0 aliphatic heterocycles. The van der Waals surface area contributed by atoms with Gasteiger partial charge in [0, 0.05) is 10.6 Å². The molecule has 1 unspecified atom stereocenters. The minimum Gasteiger partial charge on any atom is -0.399 e. The molecule has 0 aliphatic carbocycles. The predicted molar refractivity (Wildman–Crippen MR) is 86.2 cm³/mol. The Kier molecular flexibility index (Phi) is 4.61. The number of benzene rings is 2. The van der Waals surface area contributed by atoms with E-state index in [4.69, 9.17) is 5.73 Å². The van der Waals surface area contributed by atoms with Gasteiger partial charge in [0.15, 0.2) is 0 Å². The lowest BCUT2D eigenvalue weighted by atomic mass is 10.0. The molecule has 0 spiro atoms. The van der Waals surface area contributed by atoms with Crippen LogP contribution in [0, 0.1) is 6.92 Å². The second-order valence-electron chi connectivity index (χ2n) is 5.41. The lowest BCUT2D eigenvalue weighted by molar-refractivity contribution is 0.682. The van der Waals surface area contributed by atoms with Gasteiger partial charge in [-0.25, -0.2) is 0 Å². The molecule has 2 aromatic carbocycles. The van der Waals surface area contributed by atoms with Crippen LogP contribution < -0.4 is 5.73 Å². The van der Waals surface area contributed by atoms with E-state index in [0.29, 0.717) is 17.4 Å². The fourth-order valence-electron chi connectivity index (χ4n) is 2.16. The summed E-state index contributed by atoms with van der Waals surface area (Å²) in [5.41, 5.74) is 9.84. The second-order valence-corrected chi connectivity index (χ2v) is 6.83. The fraction of sp³-hybridized carbons (Fsp3) is 0.294. The molecular formula is C17H21NOS. The lowest BCUT2D eigenvalue weighted by Gasteiger charge is -2.09. The number of hydrogen-bond donors (Lipinski definition) is 1. The molecule has 0 bridgehead atoms. The zero-order valence-electron chi connectivity index (χ0n) is 12.2. The first-order valence-electron chi connectivity index (χ1n) is 6.80. The Morgan fingerprint density at radius 3 is 2.30 bits per heavy atom. The number of nitrogens with two attached hydrogens (primary N) is 1. The molecule has 0 radical (unpaired) electrons. The van der Waals surface area contributed by atoms with E-state index in [1.165, 1.54) is 5.56 Å². The van der Waals surface area contributed by atoms with Gasteiger partial charge in [-0.3, -0.25) is 4.21 Å². The van der Waals surface area contributed by atoms with Crippen molar-refractivity contribution in [2.75, 3.05) is 5.73 Å². The summed E-state index contributed by atoms with van der Waals surface area (Å²) in [5, 5.41) is 0. The van der Waals surface area contributed by atoms with Gasteiger partial charge in [0.05, 0.1) is 16.6 Å². The van der Waals surface area contributed by atoms with E-state index in [2.05, 4.69) is 38.1 Å². The number of aryl methyl sites for hydroxylation is 1. The molecular weight excluding hydrogens is 266 g/mol. The van der Waals surface area contributed by atoms with E-state index in [1.54, 1.807) is 0 Å². The highest BCUT2D eigenvalue weighted by Gasteiger charge is 2.09. The molecule has 0 saturated heterocycles. The van der Waals surface area contributed by atoms with Crippen molar-refractivity contribution in [1.29, 1.82) is 0 Å². The van der Waals surface area contributed by atoms with Crippen LogP contribution >= 0.6 is 0 Å². The van der Waals surface area contributed by atoms with Crippen molar-refractivity contribution >= 4 is 16.5 Å². The summed E-state index contributed by atoms with van der Waals surface area (Å²) in [6, 6.07) is 13.9. The number of rotatable bonds is 4. The smallest absolute Gasteiger partial charge is 0.0576 e. The van der Waals surface area contributed by atoms with Crippen LogP contribution in [-0.4, -0.2) is 4.21 Å². The molecule has 0 amide bonds. The minimum atomic E-state index is -1.03. The monoisotopic (exact) mass is 287 g/mol. The highest BCUT2D eigenvalue weighted by Crippen LogP contribution is 2.20. The molecule has 2 N–H and O–H groups in total. The SMILES string of the molecule is Cc1cc(N)ccc1S(=O)Cc1ccc(C(C)C)cc1. The first-order chi connectivity index (χ1) is 9.47. The Labute approximate surface area is 123 Å². The summed E-state index contributed by atoms with van der Waals surface area (Å²) in [6.07, 6.45) is 0. The largest absolute Gasteiger partial charge is 0.399 e. The van der Waals surface area contributed by atoms with Crippen LogP contribution in [0.2, 0.25) is 0 Å². The molecule has 0 fully saturated rings. The van der Waals surface area contributed by atoms with Crippen LogP contribution in [0.4, 0.5) is 5.69 Å². The Balaban J connectivity index is 2.15. The van der Waals surface area contributed by atoms with Gasteiger partial charge >= 0.3 is 0 Å². The maximum atomic E-state index is 12.4. The summed E-state index contributed by atoms with van der Waals surface area (Å²) < 4.78 is 12.4. The molecule has 2 rings (SSSR count). The van der Waals surface area contributed by atoms with E-state index in [9.17, 15) is 4.21 Å². The van der Waals surface area contributed by atoms with Crippen molar-refractivity contribution in [3.05, 3.63) is 59.2 Å². The molecule has 2 nitrogen and oxygen atoms in total. The van der Waals surface area contributed by atoms with Crippen molar-refractivity contribution in [2.24, 2.45) is 0 Å². The quantitative estimate of drug-likeness (QED) is 0.863. The van der Waals surface area contributed by atoms with Crippen molar-refractivity contribution < 1.29 is 4.21 Å². The minimum absolute atomic E-state index is 0.522. The van der Waals surface area contributed by atoms with Gasteiger partial charge in [0.25, 0.3) is 0 Å². The number of anilines is 1. The highest BCUT2D eigenvalue weighted by atomic mass is 32.2. The highest BCUT2D eigenvalue weighted by molar-refractivity contribution is 7.84. The van der Waals surface area contributed by atoms with Gasteiger partial charge in [0.2, 0.25) is 0 Å². The molecule has 0 aliphatic rings. The Bertz CT molecular complexity index is 617. The fourth-order valence-corrected chi connectivity index (χ4v) is 3.44.